The molecule has 8 heteroatoms. The first-order chi connectivity index (χ1) is 9.81. The number of nitro groups is 1. The minimum atomic E-state index is -2.81. The van der Waals surface area contributed by atoms with Crippen molar-refractivity contribution in [2.75, 3.05) is 5.32 Å². The molecule has 0 aliphatic rings. The van der Waals surface area contributed by atoms with E-state index in [1.807, 2.05) is 13.8 Å². The summed E-state index contributed by atoms with van der Waals surface area (Å²) >= 11 is 1.40. The molecule has 0 saturated carbocycles. The molecule has 1 aromatic heterocycles. The lowest BCUT2D eigenvalue weighted by molar-refractivity contribution is -0.385. The van der Waals surface area contributed by atoms with Gasteiger partial charge in [-0.3, -0.25) is 10.1 Å². The summed E-state index contributed by atoms with van der Waals surface area (Å²) in [6.45, 7) is 3.62. The van der Waals surface area contributed by atoms with Crippen molar-refractivity contribution in [3.63, 3.8) is 0 Å². The molecule has 1 heterocycles. The van der Waals surface area contributed by atoms with Crippen molar-refractivity contribution in [2.24, 2.45) is 0 Å². The number of anilines is 1. The van der Waals surface area contributed by atoms with Gasteiger partial charge in [0.1, 0.15) is 5.01 Å². The Hall–Kier alpha value is -2.09. The minimum Gasteiger partial charge on any atom is -0.373 e. The molecule has 21 heavy (non-hydrogen) atoms. The lowest BCUT2D eigenvalue weighted by Gasteiger charge is -2.26. The Labute approximate surface area is 123 Å². The van der Waals surface area contributed by atoms with Crippen LogP contribution in [0, 0.1) is 10.1 Å². The Morgan fingerprint density at radius 2 is 2.14 bits per heavy atom. The van der Waals surface area contributed by atoms with Gasteiger partial charge >= 0.3 is 0 Å². The summed E-state index contributed by atoms with van der Waals surface area (Å²) in [5.74, 6) is 0. The smallest absolute Gasteiger partial charge is 0.270 e. The second-order valence-electron chi connectivity index (χ2n) is 4.92. The van der Waals surface area contributed by atoms with Crippen LogP contribution in [-0.2, 0) is 5.54 Å². The first-order valence-electron chi connectivity index (χ1n) is 6.06. The van der Waals surface area contributed by atoms with Crippen LogP contribution in [0.25, 0.3) is 0 Å². The predicted molar refractivity (Wildman–Crippen MR) is 76.8 cm³/mol. The summed E-state index contributed by atoms with van der Waals surface area (Å²) in [6.07, 6.45) is -1.17. The maximum absolute atomic E-state index is 13.1. The van der Waals surface area contributed by atoms with Gasteiger partial charge in [0.15, 0.2) is 0 Å². The van der Waals surface area contributed by atoms with Gasteiger partial charge in [-0.05, 0) is 19.9 Å². The Kier molecular flexibility index (Phi) is 4.17. The SMILES string of the molecule is CC(C)(Nc1ccc([N+](=O)[O-])cc1C(F)F)c1nccs1. The number of nitrogens with zero attached hydrogens (tertiary/aromatic N) is 2. The number of benzene rings is 1. The van der Waals surface area contributed by atoms with Gasteiger partial charge < -0.3 is 5.32 Å². The van der Waals surface area contributed by atoms with Gasteiger partial charge in [-0.1, -0.05) is 0 Å². The van der Waals surface area contributed by atoms with Crippen LogP contribution in [0.3, 0.4) is 0 Å². The van der Waals surface area contributed by atoms with Crippen LogP contribution in [0.4, 0.5) is 20.2 Å². The first kappa shape index (κ1) is 15.3. The maximum atomic E-state index is 13.1. The Balaban J connectivity index is 2.38. The topological polar surface area (TPSA) is 68.1 Å². The van der Waals surface area contributed by atoms with E-state index in [0.717, 1.165) is 11.1 Å². The van der Waals surface area contributed by atoms with E-state index >= 15 is 0 Å². The fourth-order valence-electron chi connectivity index (χ4n) is 1.88. The number of nitrogens with one attached hydrogen (secondary N) is 1. The number of rotatable bonds is 5. The average molecular weight is 313 g/mol. The van der Waals surface area contributed by atoms with Crippen molar-refractivity contribution < 1.29 is 13.7 Å². The zero-order chi connectivity index (χ0) is 15.6. The fourth-order valence-corrected chi connectivity index (χ4v) is 2.60. The van der Waals surface area contributed by atoms with Crippen LogP contribution in [0.2, 0.25) is 0 Å². The molecule has 2 rings (SSSR count). The summed E-state index contributed by atoms with van der Waals surface area (Å²) in [5, 5.41) is 16.2. The third-order valence-corrected chi connectivity index (χ3v) is 3.99. The van der Waals surface area contributed by atoms with E-state index in [2.05, 4.69) is 10.3 Å². The van der Waals surface area contributed by atoms with Crippen LogP contribution in [0.15, 0.2) is 29.8 Å². The normalized spacial score (nSPS) is 11.7. The number of thiazole rings is 1. The Morgan fingerprint density at radius 3 is 2.67 bits per heavy atom. The largest absolute Gasteiger partial charge is 0.373 e. The Morgan fingerprint density at radius 1 is 1.43 bits per heavy atom. The highest BCUT2D eigenvalue weighted by Gasteiger charge is 2.26. The molecule has 0 bridgehead atoms. The average Bonchev–Trinajstić information content (AvgIpc) is 2.92. The van der Waals surface area contributed by atoms with Crippen LogP contribution < -0.4 is 5.32 Å². The third kappa shape index (κ3) is 3.33. The fraction of sp³-hybridized carbons (Fsp3) is 0.308. The molecule has 0 aliphatic carbocycles. The Bertz CT molecular complexity index is 645. The summed E-state index contributed by atoms with van der Waals surface area (Å²) in [4.78, 5) is 14.2. The van der Waals surface area contributed by atoms with Crippen molar-refractivity contribution in [1.82, 2.24) is 4.98 Å². The summed E-state index contributed by atoms with van der Waals surface area (Å²) in [7, 11) is 0. The monoisotopic (exact) mass is 313 g/mol. The van der Waals surface area contributed by atoms with Crippen molar-refractivity contribution in [3.8, 4) is 0 Å². The molecule has 0 radical (unpaired) electrons. The highest BCUT2D eigenvalue weighted by molar-refractivity contribution is 7.09. The molecule has 0 amide bonds. The van der Waals surface area contributed by atoms with Gasteiger partial charge in [0.2, 0.25) is 0 Å². The van der Waals surface area contributed by atoms with Crippen molar-refractivity contribution in [1.29, 1.82) is 0 Å². The molecule has 0 unspecified atom stereocenters. The quantitative estimate of drug-likeness (QED) is 0.658. The number of halogens is 2. The number of nitro benzene ring substituents is 1. The van der Waals surface area contributed by atoms with Crippen LogP contribution >= 0.6 is 11.3 Å². The van der Waals surface area contributed by atoms with Gasteiger partial charge in [0.25, 0.3) is 12.1 Å². The molecular weight excluding hydrogens is 300 g/mol. The molecule has 0 saturated heterocycles. The second-order valence-corrected chi connectivity index (χ2v) is 5.81. The predicted octanol–water partition coefficient (Wildman–Crippen LogP) is 4.34. The molecule has 1 N–H and O–H groups in total. The van der Waals surface area contributed by atoms with Crippen molar-refractivity contribution >= 4 is 22.7 Å². The second kappa shape index (κ2) is 5.72. The molecule has 0 aliphatic heterocycles. The number of alkyl halides is 2. The standard InChI is InChI=1S/C13H13F2N3O2S/c1-13(2,12-16-5-6-21-12)17-10-4-3-8(18(19)20)7-9(10)11(14)15/h3-7,11,17H,1-2H3. The third-order valence-electron chi connectivity index (χ3n) is 2.90. The molecular formula is C13H13F2N3O2S. The minimum absolute atomic E-state index is 0.163. The van der Waals surface area contributed by atoms with E-state index in [4.69, 9.17) is 0 Å². The summed E-state index contributed by atoms with van der Waals surface area (Å²) < 4.78 is 26.2. The lowest BCUT2D eigenvalue weighted by atomic mass is 10.0. The van der Waals surface area contributed by atoms with E-state index in [9.17, 15) is 18.9 Å². The van der Waals surface area contributed by atoms with Crippen LogP contribution in [0.1, 0.15) is 30.8 Å². The van der Waals surface area contributed by atoms with Gasteiger partial charge in [-0.25, -0.2) is 13.8 Å². The number of hydrogen-bond acceptors (Lipinski definition) is 5. The molecule has 0 fully saturated rings. The van der Waals surface area contributed by atoms with E-state index in [-0.39, 0.29) is 11.4 Å². The zero-order valence-electron chi connectivity index (χ0n) is 11.3. The summed E-state index contributed by atoms with van der Waals surface area (Å²) in [5.41, 5.74) is -1.25. The zero-order valence-corrected chi connectivity index (χ0v) is 12.2. The molecule has 5 nitrogen and oxygen atoms in total. The molecule has 0 spiro atoms. The first-order valence-corrected chi connectivity index (χ1v) is 6.94. The summed E-state index contributed by atoms with van der Waals surface area (Å²) in [6, 6.07) is 3.39. The van der Waals surface area contributed by atoms with Gasteiger partial charge in [-0.2, -0.15) is 0 Å². The van der Waals surface area contributed by atoms with Gasteiger partial charge in [0, 0.05) is 35.0 Å². The lowest BCUT2D eigenvalue weighted by Crippen LogP contribution is -2.28. The van der Waals surface area contributed by atoms with Gasteiger partial charge in [0.05, 0.1) is 10.5 Å². The van der Waals surface area contributed by atoms with Crippen LogP contribution in [0.5, 0.6) is 0 Å². The number of hydrogen-bond donors (Lipinski definition) is 1. The highest BCUT2D eigenvalue weighted by atomic mass is 32.1. The number of non-ortho nitro benzene ring substituents is 1. The van der Waals surface area contributed by atoms with E-state index < -0.39 is 22.5 Å². The van der Waals surface area contributed by atoms with Gasteiger partial charge in [-0.15, -0.1) is 11.3 Å². The molecule has 2 aromatic rings. The molecule has 112 valence electrons. The number of aromatic nitrogens is 1. The van der Waals surface area contributed by atoms with Crippen molar-refractivity contribution in [3.05, 3.63) is 50.5 Å². The van der Waals surface area contributed by atoms with Crippen LogP contribution in [-0.4, -0.2) is 9.91 Å². The van der Waals surface area contributed by atoms with Crippen molar-refractivity contribution in [2.45, 2.75) is 25.8 Å². The molecule has 0 atom stereocenters. The maximum Gasteiger partial charge on any atom is 0.270 e. The van der Waals surface area contributed by atoms with E-state index in [0.29, 0.717) is 0 Å². The van der Waals surface area contributed by atoms with E-state index in [1.54, 1.807) is 11.6 Å². The highest BCUT2D eigenvalue weighted by Crippen LogP contribution is 2.35. The molecule has 1 aromatic carbocycles. The van der Waals surface area contributed by atoms with E-state index in [1.165, 1.54) is 23.5 Å².